The maximum Gasteiger partial charge on any atom is 0.313 e. The molecule has 70 valence electrons. The minimum atomic E-state index is -0.561. The molecule has 0 fully saturated rings. The van der Waals surface area contributed by atoms with Crippen LogP contribution in [-0.2, 0) is 9.53 Å². The third-order valence-electron chi connectivity index (χ3n) is 1.28. The van der Waals surface area contributed by atoms with Crippen LogP contribution in [0.4, 0.5) is 0 Å². The predicted molar refractivity (Wildman–Crippen MR) is 48.1 cm³/mol. The smallest absolute Gasteiger partial charge is 0.313 e. The number of carbonyl (C=O) groups excluding carboxylic acids is 2. The van der Waals surface area contributed by atoms with Crippen LogP contribution in [0.15, 0.2) is 6.20 Å². The molecule has 0 radical (unpaired) electrons. The summed E-state index contributed by atoms with van der Waals surface area (Å²) in [4.78, 5) is 26.0. The molecule has 0 aromatic carbocycles. The topological polar surface area (TPSA) is 56.3 Å². The Morgan fingerprint density at radius 1 is 1.69 bits per heavy atom. The maximum atomic E-state index is 11.2. The second kappa shape index (κ2) is 4.34. The number of rotatable bonds is 3. The van der Waals surface area contributed by atoms with Gasteiger partial charge in [-0.3, -0.25) is 9.59 Å². The second-order valence-electron chi connectivity index (χ2n) is 2.15. The summed E-state index contributed by atoms with van der Waals surface area (Å²) < 4.78 is 4.63. The first-order chi connectivity index (χ1) is 6.13. The molecule has 0 unspecified atom stereocenters. The van der Waals surface area contributed by atoms with Crippen molar-refractivity contribution in [1.82, 2.24) is 4.98 Å². The van der Waals surface area contributed by atoms with E-state index in [4.69, 9.17) is 11.6 Å². The summed E-state index contributed by atoms with van der Waals surface area (Å²) in [5.74, 6) is -0.884. The normalized spacial score (nSPS) is 9.69. The molecule has 0 bridgehead atoms. The number of aromatic nitrogens is 1. The van der Waals surface area contributed by atoms with Crippen LogP contribution in [0.5, 0.6) is 0 Å². The molecule has 13 heavy (non-hydrogen) atoms. The number of Topliss-reactive ketones (excluding diaryl/α,β-unsaturated/α-hetero) is 1. The second-order valence-corrected chi connectivity index (χ2v) is 3.77. The standard InChI is InChI=1S/C7H6ClNO3S/c1-12-6(11)2-4(10)5-3-9-7(8)13-5/h3H,2H2,1H3. The Hall–Kier alpha value is -0.940. The number of esters is 1. The van der Waals surface area contributed by atoms with Crippen LogP contribution in [0.1, 0.15) is 16.1 Å². The van der Waals surface area contributed by atoms with Crippen molar-refractivity contribution < 1.29 is 14.3 Å². The highest BCUT2D eigenvalue weighted by Gasteiger charge is 2.14. The van der Waals surface area contributed by atoms with Crippen molar-refractivity contribution in [3.8, 4) is 0 Å². The third kappa shape index (κ3) is 2.78. The first-order valence-corrected chi connectivity index (χ1v) is 4.54. The number of carbonyl (C=O) groups is 2. The van der Waals surface area contributed by atoms with E-state index in [9.17, 15) is 9.59 Å². The Morgan fingerprint density at radius 3 is 2.85 bits per heavy atom. The van der Waals surface area contributed by atoms with E-state index in [0.717, 1.165) is 11.3 Å². The summed E-state index contributed by atoms with van der Waals surface area (Å²) in [5.41, 5.74) is 0. The Balaban J connectivity index is 2.64. The Kier molecular flexibility index (Phi) is 3.39. The molecule has 0 aliphatic heterocycles. The zero-order chi connectivity index (χ0) is 9.84. The molecule has 0 N–H and O–H groups in total. The van der Waals surface area contributed by atoms with Gasteiger partial charge in [0.15, 0.2) is 10.3 Å². The summed E-state index contributed by atoms with van der Waals surface area (Å²) in [6.07, 6.45) is 1.08. The van der Waals surface area contributed by atoms with E-state index in [-0.39, 0.29) is 16.7 Å². The minimum absolute atomic E-state index is 0.269. The molecule has 1 rings (SSSR count). The molecule has 4 nitrogen and oxygen atoms in total. The van der Waals surface area contributed by atoms with E-state index in [0.29, 0.717) is 4.88 Å². The van der Waals surface area contributed by atoms with Crippen LogP contribution in [0.2, 0.25) is 4.47 Å². The molecule has 1 heterocycles. The van der Waals surface area contributed by atoms with E-state index < -0.39 is 5.97 Å². The average Bonchev–Trinajstić information content (AvgIpc) is 2.51. The zero-order valence-electron chi connectivity index (χ0n) is 6.74. The van der Waals surface area contributed by atoms with Crippen molar-refractivity contribution in [3.63, 3.8) is 0 Å². The molecule has 0 aliphatic rings. The lowest BCUT2D eigenvalue weighted by atomic mass is 10.2. The summed E-state index contributed by atoms with van der Waals surface area (Å²) >= 11 is 6.56. The van der Waals surface area contributed by atoms with Gasteiger partial charge in [-0.15, -0.1) is 0 Å². The molecule has 0 spiro atoms. The fourth-order valence-corrected chi connectivity index (χ4v) is 1.55. The summed E-state index contributed by atoms with van der Waals surface area (Å²) in [7, 11) is 1.23. The third-order valence-corrected chi connectivity index (χ3v) is 2.44. The number of halogens is 1. The molecule has 1 aromatic rings. The Labute approximate surface area is 83.5 Å². The summed E-state index contributed by atoms with van der Waals surface area (Å²) in [6, 6.07) is 0. The minimum Gasteiger partial charge on any atom is -0.469 e. The number of methoxy groups -OCH3 is 1. The van der Waals surface area contributed by atoms with E-state index in [2.05, 4.69) is 9.72 Å². The van der Waals surface area contributed by atoms with Crippen LogP contribution in [-0.4, -0.2) is 23.8 Å². The molecular weight excluding hydrogens is 214 g/mol. The van der Waals surface area contributed by atoms with E-state index in [1.807, 2.05) is 0 Å². The van der Waals surface area contributed by atoms with Crippen molar-refractivity contribution in [2.75, 3.05) is 7.11 Å². The zero-order valence-corrected chi connectivity index (χ0v) is 8.32. The molecule has 0 saturated carbocycles. The highest BCUT2D eigenvalue weighted by molar-refractivity contribution is 7.17. The largest absolute Gasteiger partial charge is 0.469 e. The van der Waals surface area contributed by atoms with Gasteiger partial charge in [-0.1, -0.05) is 22.9 Å². The first-order valence-electron chi connectivity index (χ1n) is 3.35. The predicted octanol–water partition coefficient (Wildman–Crippen LogP) is 1.54. The lowest BCUT2D eigenvalue weighted by Gasteiger charge is -1.94. The highest BCUT2D eigenvalue weighted by Crippen LogP contribution is 2.19. The molecule has 0 aliphatic carbocycles. The number of nitrogens with zero attached hydrogens (tertiary/aromatic N) is 1. The Morgan fingerprint density at radius 2 is 2.38 bits per heavy atom. The fraction of sp³-hybridized carbons (Fsp3) is 0.286. The maximum absolute atomic E-state index is 11.2. The number of thiazole rings is 1. The number of ether oxygens (including phenoxy) is 1. The molecule has 0 amide bonds. The quantitative estimate of drug-likeness (QED) is 0.440. The van der Waals surface area contributed by atoms with Gasteiger partial charge in [0.1, 0.15) is 6.42 Å². The van der Waals surface area contributed by atoms with Gasteiger partial charge in [0.25, 0.3) is 0 Å². The van der Waals surface area contributed by atoms with Gasteiger partial charge in [0.2, 0.25) is 0 Å². The highest BCUT2D eigenvalue weighted by atomic mass is 35.5. The van der Waals surface area contributed by atoms with E-state index in [1.165, 1.54) is 13.3 Å². The van der Waals surface area contributed by atoms with Gasteiger partial charge < -0.3 is 4.74 Å². The average molecular weight is 220 g/mol. The van der Waals surface area contributed by atoms with Crippen molar-refractivity contribution >= 4 is 34.7 Å². The van der Waals surface area contributed by atoms with Crippen LogP contribution < -0.4 is 0 Å². The number of hydrogen-bond acceptors (Lipinski definition) is 5. The number of hydrogen-bond donors (Lipinski definition) is 0. The first kappa shape index (κ1) is 10.1. The number of ketones is 1. The van der Waals surface area contributed by atoms with Crippen LogP contribution in [0.25, 0.3) is 0 Å². The lowest BCUT2D eigenvalue weighted by molar-refractivity contribution is -0.139. The summed E-state index contributed by atoms with van der Waals surface area (Å²) in [6.45, 7) is 0. The SMILES string of the molecule is COC(=O)CC(=O)c1cnc(Cl)s1. The van der Waals surface area contributed by atoms with Crippen LogP contribution in [0, 0.1) is 0 Å². The monoisotopic (exact) mass is 219 g/mol. The van der Waals surface area contributed by atoms with Crippen molar-refractivity contribution in [2.45, 2.75) is 6.42 Å². The van der Waals surface area contributed by atoms with Crippen molar-refractivity contribution in [2.24, 2.45) is 0 Å². The van der Waals surface area contributed by atoms with Crippen LogP contribution in [0.3, 0.4) is 0 Å². The van der Waals surface area contributed by atoms with E-state index >= 15 is 0 Å². The summed E-state index contributed by atoms with van der Waals surface area (Å²) in [5, 5.41) is 0. The molecule has 1 aromatic heterocycles. The molecular formula is C7H6ClNO3S. The Bertz CT molecular complexity index is 336. The van der Waals surface area contributed by atoms with Gasteiger partial charge in [0.05, 0.1) is 18.2 Å². The van der Waals surface area contributed by atoms with Gasteiger partial charge in [-0.2, -0.15) is 0 Å². The van der Waals surface area contributed by atoms with Gasteiger partial charge in [0, 0.05) is 0 Å². The van der Waals surface area contributed by atoms with Gasteiger partial charge in [-0.25, -0.2) is 4.98 Å². The van der Waals surface area contributed by atoms with Gasteiger partial charge >= 0.3 is 5.97 Å². The van der Waals surface area contributed by atoms with Gasteiger partial charge in [-0.05, 0) is 0 Å². The van der Waals surface area contributed by atoms with Crippen molar-refractivity contribution in [3.05, 3.63) is 15.5 Å². The lowest BCUT2D eigenvalue weighted by Crippen LogP contribution is -2.08. The molecule has 0 saturated heterocycles. The van der Waals surface area contributed by atoms with Crippen LogP contribution >= 0.6 is 22.9 Å². The fourth-order valence-electron chi connectivity index (χ4n) is 0.672. The molecule has 6 heteroatoms. The molecule has 0 atom stereocenters. The van der Waals surface area contributed by atoms with Crippen molar-refractivity contribution in [1.29, 1.82) is 0 Å². The van der Waals surface area contributed by atoms with E-state index in [1.54, 1.807) is 0 Å².